The molecule has 2 heterocycles. The fraction of sp³-hybridized carbons (Fsp3) is 0.667. The molecule has 1 aliphatic rings. The summed E-state index contributed by atoms with van der Waals surface area (Å²) in [6.45, 7) is 1.13. The first-order valence-corrected chi connectivity index (χ1v) is 6.79. The Morgan fingerprint density at radius 1 is 1.53 bits per heavy atom. The molecule has 4 nitrogen and oxygen atoms in total. The molecule has 0 bridgehead atoms. The van der Waals surface area contributed by atoms with Crippen LogP contribution in [0.15, 0.2) is 6.20 Å². The Bertz CT molecular complexity index is 402. The first kappa shape index (κ1) is 12.5. The zero-order valence-electron chi connectivity index (χ0n) is 10.6. The highest BCUT2D eigenvalue weighted by Crippen LogP contribution is 2.32. The maximum absolute atomic E-state index is 11.8. The molecule has 1 atom stereocenters. The number of piperidine rings is 1. The fourth-order valence-corrected chi connectivity index (χ4v) is 3.29. The molecular weight excluding hydrogens is 234 g/mol. The third kappa shape index (κ3) is 2.66. The molecule has 1 fully saturated rings. The van der Waals surface area contributed by atoms with Gasteiger partial charge in [0.15, 0.2) is 0 Å². The predicted octanol–water partition coefficient (Wildman–Crippen LogP) is 2.00. The minimum atomic E-state index is 0.0483. The van der Waals surface area contributed by atoms with E-state index in [0.717, 1.165) is 22.9 Å². The molecule has 0 N–H and O–H groups in total. The number of aromatic nitrogens is 1. The molecule has 1 aromatic rings. The summed E-state index contributed by atoms with van der Waals surface area (Å²) in [6, 6.07) is 0.400. The van der Waals surface area contributed by atoms with Gasteiger partial charge in [0.2, 0.25) is 0 Å². The van der Waals surface area contributed by atoms with Gasteiger partial charge in [-0.3, -0.25) is 9.69 Å². The van der Waals surface area contributed by atoms with E-state index >= 15 is 0 Å². The van der Waals surface area contributed by atoms with Crippen LogP contribution >= 0.6 is 11.3 Å². The van der Waals surface area contributed by atoms with E-state index in [1.807, 2.05) is 0 Å². The maximum Gasteiger partial charge on any atom is 0.265 e. The van der Waals surface area contributed by atoms with Gasteiger partial charge in [0, 0.05) is 14.1 Å². The largest absolute Gasteiger partial charge is 0.344 e. The average molecular weight is 253 g/mol. The Labute approximate surface area is 106 Å². The van der Waals surface area contributed by atoms with E-state index in [9.17, 15) is 4.79 Å². The van der Waals surface area contributed by atoms with E-state index in [1.54, 1.807) is 25.2 Å². The van der Waals surface area contributed by atoms with Crippen LogP contribution in [-0.2, 0) is 0 Å². The van der Waals surface area contributed by atoms with Gasteiger partial charge >= 0.3 is 0 Å². The van der Waals surface area contributed by atoms with Crippen LogP contribution in [0, 0.1) is 0 Å². The summed E-state index contributed by atoms with van der Waals surface area (Å²) in [7, 11) is 5.68. The van der Waals surface area contributed by atoms with Gasteiger partial charge in [-0.25, -0.2) is 4.98 Å². The molecule has 1 amide bonds. The Morgan fingerprint density at radius 3 is 2.94 bits per heavy atom. The van der Waals surface area contributed by atoms with Crippen molar-refractivity contribution in [2.75, 3.05) is 27.7 Å². The molecule has 17 heavy (non-hydrogen) atoms. The Balaban J connectivity index is 2.14. The first-order chi connectivity index (χ1) is 8.09. The smallest absolute Gasteiger partial charge is 0.265 e. The second kappa shape index (κ2) is 5.14. The van der Waals surface area contributed by atoms with Crippen LogP contribution in [0.3, 0.4) is 0 Å². The van der Waals surface area contributed by atoms with E-state index in [1.165, 1.54) is 24.2 Å². The normalized spacial score (nSPS) is 21.5. The van der Waals surface area contributed by atoms with Gasteiger partial charge in [0.05, 0.1) is 12.2 Å². The van der Waals surface area contributed by atoms with Crippen molar-refractivity contribution in [2.45, 2.75) is 25.3 Å². The molecule has 5 heteroatoms. The van der Waals surface area contributed by atoms with E-state index in [4.69, 9.17) is 0 Å². The zero-order chi connectivity index (χ0) is 12.4. The fourth-order valence-electron chi connectivity index (χ4n) is 2.15. The van der Waals surface area contributed by atoms with E-state index in [-0.39, 0.29) is 5.91 Å². The number of carbonyl (C=O) groups is 1. The standard InChI is InChI=1S/C12H19N3OS/c1-14(2)12(16)10-8-13-11(17-10)9-6-4-5-7-15(9)3/h8-9H,4-7H2,1-3H3/t9-/m0/s1. The summed E-state index contributed by atoms with van der Waals surface area (Å²) in [5, 5.41) is 1.08. The minimum absolute atomic E-state index is 0.0483. The van der Waals surface area contributed by atoms with Gasteiger partial charge < -0.3 is 4.90 Å². The second-order valence-electron chi connectivity index (χ2n) is 4.75. The topological polar surface area (TPSA) is 36.4 Å². The molecule has 2 rings (SSSR count). The number of nitrogens with zero attached hydrogens (tertiary/aromatic N) is 3. The molecule has 1 aliphatic heterocycles. The third-order valence-electron chi connectivity index (χ3n) is 3.20. The van der Waals surface area contributed by atoms with Gasteiger partial charge in [-0.05, 0) is 26.4 Å². The molecule has 0 saturated carbocycles. The highest BCUT2D eigenvalue weighted by atomic mass is 32.1. The van der Waals surface area contributed by atoms with Crippen LogP contribution in [0.4, 0.5) is 0 Å². The number of hydrogen-bond acceptors (Lipinski definition) is 4. The lowest BCUT2D eigenvalue weighted by Gasteiger charge is -2.30. The molecule has 1 saturated heterocycles. The first-order valence-electron chi connectivity index (χ1n) is 5.97. The van der Waals surface area contributed by atoms with Gasteiger partial charge in [-0.1, -0.05) is 6.42 Å². The van der Waals surface area contributed by atoms with Gasteiger partial charge in [0.1, 0.15) is 9.88 Å². The van der Waals surface area contributed by atoms with E-state index in [0.29, 0.717) is 6.04 Å². The molecule has 94 valence electrons. The monoisotopic (exact) mass is 253 g/mol. The number of amides is 1. The summed E-state index contributed by atoms with van der Waals surface area (Å²) in [5.74, 6) is 0.0483. The number of likely N-dealkylation sites (tertiary alicyclic amines) is 1. The molecule has 0 aliphatic carbocycles. The Kier molecular flexibility index (Phi) is 3.79. The van der Waals surface area contributed by atoms with Crippen LogP contribution in [0.25, 0.3) is 0 Å². The van der Waals surface area contributed by atoms with Crippen LogP contribution in [-0.4, -0.2) is 48.4 Å². The van der Waals surface area contributed by atoms with E-state index in [2.05, 4.69) is 16.9 Å². The van der Waals surface area contributed by atoms with Crippen molar-refractivity contribution in [1.29, 1.82) is 0 Å². The zero-order valence-corrected chi connectivity index (χ0v) is 11.5. The molecule has 0 aromatic carbocycles. The molecule has 0 unspecified atom stereocenters. The van der Waals surface area contributed by atoms with Crippen LogP contribution in [0.5, 0.6) is 0 Å². The number of rotatable bonds is 2. The third-order valence-corrected chi connectivity index (χ3v) is 4.28. The van der Waals surface area contributed by atoms with Gasteiger partial charge in [-0.15, -0.1) is 11.3 Å². The van der Waals surface area contributed by atoms with Crippen LogP contribution in [0.2, 0.25) is 0 Å². The summed E-state index contributed by atoms with van der Waals surface area (Å²) < 4.78 is 0. The quantitative estimate of drug-likeness (QED) is 0.809. The van der Waals surface area contributed by atoms with Crippen molar-refractivity contribution in [3.05, 3.63) is 16.1 Å². The molecular formula is C12H19N3OS. The Morgan fingerprint density at radius 2 is 2.29 bits per heavy atom. The number of carbonyl (C=O) groups excluding carboxylic acids is 1. The van der Waals surface area contributed by atoms with Crippen molar-refractivity contribution in [3.63, 3.8) is 0 Å². The highest BCUT2D eigenvalue weighted by molar-refractivity contribution is 7.13. The van der Waals surface area contributed by atoms with Gasteiger partial charge in [0.25, 0.3) is 5.91 Å². The van der Waals surface area contributed by atoms with Crippen molar-refractivity contribution >= 4 is 17.2 Å². The lowest BCUT2D eigenvalue weighted by atomic mass is 10.0. The van der Waals surface area contributed by atoms with E-state index < -0.39 is 0 Å². The van der Waals surface area contributed by atoms with Crippen molar-refractivity contribution in [3.8, 4) is 0 Å². The van der Waals surface area contributed by atoms with Crippen molar-refractivity contribution in [2.24, 2.45) is 0 Å². The molecule has 1 aromatic heterocycles. The summed E-state index contributed by atoms with van der Waals surface area (Å²) in [4.78, 5) is 20.9. The van der Waals surface area contributed by atoms with Crippen molar-refractivity contribution < 1.29 is 4.79 Å². The average Bonchev–Trinajstić information content (AvgIpc) is 2.77. The summed E-state index contributed by atoms with van der Waals surface area (Å²) >= 11 is 1.54. The lowest BCUT2D eigenvalue weighted by molar-refractivity contribution is 0.0832. The SMILES string of the molecule is CN(C)C(=O)c1cnc([C@@H]2CCCCN2C)s1. The predicted molar refractivity (Wildman–Crippen MR) is 69.4 cm³/mol. The summed E-state index contributed by atoms with van der Waals surface area (Å²) in [6.07, 6.45) is 5.39. The highest BCUT2D eigenvalue weighted by Gasteiger charge is 2.24. The number of thiazole rings is 1. The maximum atomic E-state index is 11.8. The number of hydrogen-bond donors (Lipinski definition) is 0. The van der Waals surface area contributed by atoms with Crippen LogP contribution in [0.1, 0.15) is 40.0 Å². The molecule has 0 radical (unpaired) electrons. The van der Waals surface area contributed by atoms with Crippen LogP contribution < -0.4 is 0 Å². The van der Waals surface area contributed by atoms with Gasteiger partial charge in [-0.2, -0.15) is 0 Å². The molecule has 0 spiro atoms. The summed E-state index contributed by atoms with van der Waals surface area (Å²) in [5.41, 5.74) is 0. The second-order valence-corrected chi connectivity index (χ2v) is 5.82. The lowest BCUT2D eigenvalue weighted by Crippen LogP contribution is -2.29. The minimum Gasteiger partial charge on any atom is -0.344 e. The van der Waals surface area contributed by atoms with Crippen molar-refractivity contribution in [1.82, 2.24) is 14.8 Å². The Hall–Kier alpha value is -0.940.